The van der Waals surface area contributed by atoms with Crippen LogP contribution in [-0.4, -0.2) is 30.6 Å². The third-order valence-corrected chi connectivity index (χ3v) is 8.55. The summed E-state index contributed by atoms with van der Waals surface area (Å²) in [6.07, 6.45) is -3.21. The van der Waals surface area contributed by atoms with Crippen molar-refractivity contribution in [3.63, 3.8) is 0 Å². The molecular formula is C29H31F3N2O5S. The van der Waals surface area contributed by atoms with Crippen LogP contribution in [0.25, 0.3) is 0 Å². The van der Waals surface area contributed by atoms with Gasteiger partial charge in [0.2, 0.25) is 0 Å². The maximum Gasteiger partial charge on any atom is 0.417 e. The highest BCUT2D eigenvalue weighted by atomic mass is 32.2. The van der Waals surface area contributed by atoms with Gasteiger partial charge in [0.25, 0.3) is 10.0 Å². The van der Waals surface area contributed by atoms with Crippen molar-refractivity contribution in [2.24, 2.45) is 5.92 Å². The first-order valence-corrected chi connectivity index (χ1v) is 14.5. The summed E-state index contributed by atoms with van der Waals surface area (Å²) in [5.74, 6) is -1.88. The number of anilines is 1. The molecular weight excluding hydrogens is 545 g/mol. The van der Waals surface area contributed by atoms with Crippen LogP contribution in [0.1, 0.15) is 62.1 Å². The molecule has 1 fully saturated rings. The summed E-state index contributed by atoms with van der Waals surface area (Å²) in [4.78, 5) is 16.9. The minimum Gasteiger partial charge on any atom is -0.454 e. The molecule has 0 bridgehead atoms. The largest absolute Gasteiger partial charge is 0.454 e. The van der Waals surface area contributed by atoms with Crippen molar-refractivity contribution < 1.29 is 36.2 Å². The maximum atomic E-state index is 13.5. The Morgan fingerprint density at radius 2 is 1.82 bits per heavy atom. The molecule has 1 aromatic heterocycles. The Balaban J connectivity index is 1.57. The molecule has 2 N–H and O–H groups in total. The van der Waals surface area contributed by atoms with Crippen molar-refractivity contribution in [3.8, 4) is 0 Å². The highest BCUT2D eigenvalue weighted by Crippen LogP contribution is 2.46. The van der Waals surface area contributed by atoms with Crippen LogP contribution >= 0.6 is 0 Å². The first-order valence-electron chi connectivity index (χ1n) is 13.0. The molecule has 1 aliphatic heterocycles. The molecule has 4 atom stereocenters. The standard InChI is InChI=1S/C29H31F3N2O5S/c1-3-15-28(20-10-6-5-7-11-20)17-24(35)26(27(36)39-28)23(4-2)19-9-8-12-22(16-19)34-40(37,38)25-14-13-21(18-33-25)29(30,31)32/h5-14,16,18,23-24,26,34-35H,3-4,15,17H2,1-2H3/t23?,24?,26-,28-/m1/s1. The fourth-order valence-corrected chi connectivity index (χ4v) is 6.40. The number of cyclic esters (lactones) is 1. The van der Waals surface area contributed by atoms with E-state index in [1.807, 2.05) is 44.2 Å². The van der Waals surface area contributed by atoms with Crippen molar-refractivity contribution in [1.29, 1.82) is 0 Å². The van der Waals surface area contributed by atoms with Gasteiger partial charge >= 0.3 is 12.1 Å². The molecule has 1 aliphatic rings. The topological polar surface area (TPSA) is 106 Å². The number of halogens is 3. The van der Waals surface area contributed by atoms with Crippen LogP contribution in [-0.2, 0) is 31.3 Å². The zero-order valence-electron chi connectivity index (χ0n) is 22.1. The normalized spacial score (nSPS) is 22.4. The lowest BCUT2D eigenvalue weighted by Crippen LogP contribution is -2.49. The average Bonchev–Trinajstić information content (AvgIpc) is 2.91. The third-order valence-electron chi connectivity index (χ3n) is 7.25. The van der Waals surface area contributed by atoms with Crippen LogP contribution < -0.4 is 4.72 Å². The number of pyridine rings is 1. The van der Waals surface area contributed by atoms with E-state index in [9.17, 15) is 31.5 Å². The van der Waals surface area contributed by atoms with Crippen LogP contribution in [0.2, 0.25) is 0 Å². The molecule has 7 nitrogen and oxygen atoms in total. The number of esters is 1. The molecule has 4 rings (SSSR count). The van der Waals surface area contributed by atoms with E-state index in [0.717, 1.165) is 18.1 Å². The summed E-state index contributed by atoms with van der Waals surface area (Å²) >= 11 is 0. The number of ether oxygens (including phenoxy) is 1. The van der Waals surface area contributed by atoms with Crippen LogP contribution in [0.5, 0.6) is 0 Å². The van der Waals surface area contributed by atoms with E-state index in [1.165, 1.54) is 6.07 Å². The molecule has 2 aromatic carbocycles. The predicted molar refractivity (Wildman–Crippen MR) is 143 cm³/mol. The summed E-state index contributed by atoms with van der Waals surface area (Å²) < 4.78 is 72.6. The van der Waals surface area contributed by atoms with E-state index >= 15 is 0 Å². The number of alkyl halides is 3. The van der Waals surface area contributed by atoms with E-state index in [1.54, 1.807) is 18.2 Å². The SMILES string of the molecule is CCC[C@]1(c2ccccc2)CC(O)[C@@H](C(CC)c2cccc(NS(=O)(=O)c3ccc(C(F)(F)F)cn3)c2)C(=O)O1. The second-order valence-corrected chi connectivity index (χ2v) is 11.6. The molecule has 40 heavy (non-hydrogen) atoms. The summed E-state index contributed by atoms with van der Waals surface area (Å²) in [6, 6.07) is 17.1. The molecule has 3 aromatic rings. The van der Waals surface area contributed by atoms with Gasteiger partial charge in [0, 0.05) is 18.3 Å². The van der Waals surface area contributed by atoms with E-state index in [4.69, 9.17) is 4.74 Å². The van der Waals surface area contributed by atoms with E-state index in [-0.39, 0.29) is 12.1 Å². The number of hydrogen-bond donors (Lipinski definition) is 2. The monoisotopic (exact) mass is 576 g/mol. The number of nitrogens with zero attached hydrogens (tertiary/aromatic N) is 1. The van der Waals surface area contributed by atoms with Crippen molar-refractivity contribution in [3.05, 3.63) is 89.6 Å². The number of sulfonamides is 1. The van der Waals surface area contributed by atoms with Crippen molar-refractivity contribution >= 4 is 21.7 Å². The molecule has 0 spiro atoms. The van der Waals surface area contributed by atoms with Gasteiger partial charge in [0.15, 0.2) is 5.03 Å². The summed E-state index contributed by atoms with van der Waals surface area (Å²) in [7, 11) is -4.29. The van der Waals surface area contributed by atoms with Crippen LogP contribution in [0.15, 0.2) is 78.0 Å². The molecule has 11 heteroatoms. The molecule has 0 saturated carbocycles. The van der Waals surface area contributed by atoms with Crippen molar-refractivity contribution in [1.82, 2.24) is 4.98 Å². The number of nitrogens with one attached hydrogen (secondary N) is 1. The fraction of sp³-hybridized carbons (Fsp3) is 0.379. The number of hydrogen-bond acceptors (Lipinski definition) is 6. The van der Waals surface area contributed by atoms with Gasteiger partial charge in [-0.25, -0.2) is 4.98 Å². The van der Waals surface area contributed by atoms with Gasteiger partial charge in [-0.15, -0.1) is 0 Å². The predicted octanol–water partition coefficient (Wildman–Crippen LogP) is 6.01. The Kier molecular flexibility index (Phi) is 8.55. The number of carbonyl (C=O) groups is 1. The second kappa shape index (κ2) is 11.6. The van der Waals surface area contributed by atoms with Crippen LogP contribution in [0, 0.1) is 5.92 Å². The quantitative estimate of drug-likeness (QED) is 0.302. The maximum absolute atomic E-state index is 13.5. The summed E-state index contributed by atoms with van der Waals surface area (Å²) in [5.41, 5.74) is -0.433. The lowest BCUT2D eigenvalue weighted by molar-refractivity contribution is -0.193. The number of aliphatic hydroxyl groups excluding tert-OH is 1. The van der Waals surface area contributed by atoms with E-state index in [0.29, 0.717) is 30.7 Å². The molecule has 214 valence electrons. The number of benzene rings is 2. The lowest BCUT2D eigenvalue weighted by Gasteiger charge is -2.44. The highest BCUT2D eigenvalue weighted by Gasteiger charge is 2.50. The van der Waals surface area contributed by atoms with Gasteiger partial charge in [0.05, 0.1) is 17.6 Å². The Bertz CT molecular complexity index is 1430. The van der Waals surface area contributed by atoms with E-state index < -0.39 is 56.3 Å². The number of aromatic nitrogens is 1. The lowest BCUT2D eigenvalue weighted by atomic mass is 9.72. The second-order valence-electron chi connectivity index (χ2n) is 9.96. The van der Waals surface area contributed by atoms with E-state index in [2.05, 4.69) is 9.71 Å². The number of carbonyl (C=O) groups excluding carboxylic acids is 1. The summed E-state index contributed by atoms with van der Waals surface area (Å²) in [5, 5.41) is 10.7. The van der Waals surface area contributed by atoms with Crippen LogP contribution in [0.3, 0.4) is 0 Å². The van der Waals surface area contributed by atoms with Gasteiger partial charge in [-0.3, -0.25) is 9.52 Å². The van der Waals surface area contributed by atoms with Crippen molar-refractivity contribution in [2.45, 2.75) is 68.4 Å². The molecule has 2 heterocycles. The number of rotatable bonds is 9. The Hall–Kier alpha value is -3.44. The molecule has 0 amide bonds. The third kappa shape index (κ3) is 6.15. The minimum absolute atomic E-state index is 0.140. The molecule has 0 aliphatic carbocycles. The van der Waals surface area contributed by atoms with Gasteiger partial charge in [-0.2, -0.15) is 21.6 Å². The average molecular weight is 577 g/mol. The Labute approximate surface area is 231 Å². The minimum atomic E-state index is -4.64. The Morgan fingerprint density at radius 1 is 1.10 bits per heavy atom. The first kappa shape index (κ1) is 29.5. The highest BCUT2D eigenvalue weighted by molar-refractivity contribution is 7.92. The van der Waals surface area contributed by atoms with Gasteiger partial charge in [-0.05, 0) is 54.2 Å². The smallest absolute Gasteiger partial charge is 0.417 e. The van der Waals surface area contributed by atoms with Gasteiger partial charge in [-0.1, -0.05) is 62.7 Å². The van der Waals surface area contributed by atoms with Crippen LogP contribution in [0.4, 0.5) is 18.9 Å². The van der Waals surface area contributed by atoms with Gasteiger partial charge < -0.3 is 9.84 Å². The van der Waals surface area contributed by atoms with Gasteiger partial charge in [0.1, 0.15) is 5.60 Å². The Morgan fingerprint density at radius 3 is 2.40 bits per heavy atom. The fourth-order valence-electron chi connectivity index (χ4n) is 5.42. The molecule has 1 saturated heterocycles. The summed E-state index contributed by atoms with van der Waals surface area (Å²) in [6.45, 7) is 3.84. The zero-order valence-corrected chi connectivity index (χ0v) is 22.9. The molecule has 0 radical (unpaired) electrons. The first-order chi connectivity index (χ1) is 18.9. The number of aliphatic hydroxyl groups is 1. The molecule has 2 unspecified atom stereocenters. The zero-order chi connectivity index (χ0) is 29.1. The van der Waals surface area contributed by atoms with Crippen molar-refractivity contribution in [2.75, 3.05) is 4.72 Å².